The maximum Gasteiger partial charge on any atom is 0.183 e. The highest BCUT2D eigenvalue weighted by molar-refractivity contribution is 5.62. The summed E-state index contributed by atoms with van der Waals surface area (Å²) >= 11 is 0. The third-order valence-corrected chi connectivity index (χ3v) is 3.20. The number of ether oxygens (including phenoxy) is 2. The van der Waals surface area contributed by atoms with Crippen LogP contribution in [0.5, 0.6) is 0 Å². The van der Waals surface area contributed by atoms with Gasteiger partial charge in [0.05, 0.1) is 0 Å². The molecule has 0 atom stereocenters. The molecule has 0 fully saturated rings. The molecule has 0 radical (unpaired) electrons. The Labute approximate surface area is 119 Å². The maximum absolute atomic E-state index is 5.88. The minimum absolute atomic E-state index is 0.399. The van der Waals surface area contributed by atoms with Crippen molar-refractivity contribution in [3.05, 3.63) is 47.7 Å². The van der Waals surface area contributed by atoms with Crippen molar-refractivity contribution in [1.82, 2.24) is 0 Å². The predicted molar refractivity (Wildman–Crippen MR) is 78.3 cm³/mol. The van der Waals surface area contributed by atoms with E-state index in [0.29, 0.717) is 6.54 Å². The van der Waals surface area contributed by atoms with Crippen LogP contribution in [-0.4, -0.2) is 20.8 Å². The Kier molecular flexibility index (Phi) is 5.35. The Balaban J connectivity index is 2.30. The molecule has 0 amide bonds. The van der Waals surface area contributed by atoms with Gasteiger partial charge in [-0.15, -0.1) is 0 Å². The Hall–Kier alpha value is -1.62. The van der Waals surface area contributed by atoms with E-state index in [2.05, 4.69) is 0 Å². The van der Waals surface area contributed by atoms with Gasteiger partial charge in [0, 0.05) is 31.8 Å². The van der Waals surface area contributed by atoms with Gasteiger partial charge in [-0.3, -0.25) is 0 Å². The molecule has 0 aliphatic heterocycles. The molecule has 1 heterocycles. The Bertz CT molecular complexity index is 532. The summed E-state index contributed by atoms with van der Waals surface area (Å²) in [5.74, 6) is 1.78. The first-order valence-electron chi connectivity index (χ1n) is 6.73. The summed E-state index contributed by atoms with van der Waals surface area (Å²) in [6, 6.07) is 11.9. The third-order valence-electron chi connectivity index (χ3n) is 3.20. The van der Waals surface area contributed by atoms with Crippen molar-refractivity contribution in [3.63, 3.8) is 0 Å². The van der Waals surface area contributed by atoms with E-state index in [9.17, 15) is 0 Å². The molecule has 0 aliphatic rings. The van der Waals surface area contributed by atoms with Gasteiger partial charge in [-0.1, -0.05) is 24.3 Å². The molecule has 0 bridgehead atoms. The summed E-state index contributed by atoms with van der Waals surface area (Å²) in [5, 5.41) is 0. The smallest absolute Gasteiger partial charge is 0.183 e. The molecular formula is C16H21NO3. The van der Waals surface area contributed by atoms with E-state index in [-0.39, 0.29) is 0 Å². The zero-order valence-electron chi connectivity index (χ0n) is 12.0. The average molecular weight is 275 g/mol. The molecule has 2 N–H and O–H groups in total. The molecule has 0 saturated carbocycles. The summed E-state index contributed by atoms with van der Waals surface area (Å²) in [7, 11) is 3.25. The molecule has 0 spiro atoms. The first-order chi connectivity index (χ1) is 9.80. The van der Waals surface area contributed by atoms with Crippen molar-refractivity contribution in [2.45, 2.75) is 19.1 Å². The van der Waals surface area contributed by atoms with E-state index in [0.717, 1.165) is 35.5 Å². The molecule has 0 saturated heterocycles. The van der Waals surface area contributed by atoms with Crippen LogP contribution in [0.1, 0.15) is 24.0 Å². The molecule has 1 aromatic carbocycles. The second kappa shape index (κ2) is 7.24. The third kappa shape index (κ3) is 3.28. The summed E-state index contributed by atoms with van der Waals surface area (Å²) in [6.07, 6.45) is 1.38. The van der Waals surface area contributed by atoms with Crippen LogP contribution in [0, 0.1) is 0 Å². The van der Waals surface area contributed by atoms with Gasteiger partial charge in [-0.25, -0.2) is 0 Å². The molecule has 4 heteroatoms. The summed E-state index contributed by atoms with van der Waals surface area (Å²) in [6.45, 7) is 0.669. The fourth-order valence-corrected chi connectivity index (χ4v) is 2.21. The highest BCUT2D eigenvalue weighted by atomic mass is 16.7. The number of hydrogen-bond donors (Lipinski definition) is 1. The number of methoxy groups -OCH3 is 2. The SMILES string of the molecule is COC(OC)c1ccccc1-c1ccc(CCCN)o1. The Morgan fingerprint density at radius 3 is 2.55 bits per heavy atom. The molecule has 2 aromatic rings. The fraction of sp³-hybridized carbons (Fsp3) is 0.375. The van der Waals surface area contributed by atoms with E-state index >= 15 is 0 Å². The topological polar surface area (TPSA) is 57.6 Å². The van der Waals surface area contributed by atoms with E-state index in [1.807, 2.05) is 36.4 Å². The van der Waals surface area contributed by atoms with Crippen molar-refractivity contribution >= 4 is 0 Å². The van der Waals surface area contributed by atoms with Gasteiger partial charge in [0.25, 0.3) is 0 Å². The monoisotopic (exact) mass is 275 g/mol. The lowest BCUT2D eigenvalue weighted by Crippen LogP contribution is -2.05. The summed E-state index contributed by atoms with van der Waals surface area (Å²) < 4.78 is 16.6. The highest BCUT2D eigenvalue weighted by Gasteiger charge is 2.16. The summed E-state index contributed by atoms with van der Waals surface area (Å²) in [4.78, 5) is 0. The van der Waals surface area contributed by atoms with Gasteiger partial charge in [-0.05, 0) is 25.1 Å². The number of rotatable bonds is 7. The maximum atomic E-state index is 5.88. The molecule has 0 aliphatic carbocycles. The van der Waals surface area contributed by atoms with E-state index < -0.39 is 6.29 Å². The van der Waals surface area contributed by atoms with Crippen LogP contribution in [-0.2, 0) is 15.9 Å². The molecule has 20 heavy (non-hydrogen) atoms. The van der Waals surface area contributed by atoms with Crippen LogP contribution in [0.3, 0.4) is 0 Å². The molecule has 2 rings (SSSR count). The highest BCUT2D eigenvalue weighted by Crippen LogP contribution is 2.31. The van der Waals surface area contributed by atoms with Crippen LogP contribution >= 0.6 is 0 Å². The van der Waals surface area contributed by atoms with Crippen molar-refractivity contribution in [1.29, 1.82) is 0 Å². The Morgan fingerprint density at radius 1 is 1.10 bits per heavy atom. The van der Waals surface area contributed by atoms with Crippen molar-refractivity contribution in [2.75, 3.05) is 20.8 Å². The normalized spacial score (nSPS) is 11.2. The largest absolute Gasteiger partial charge is 0.461 e. The van der Waals surface area contributed by atoms with Crippen LogP contribution < -0.4 is 5.73 Å². The molecule has 4 nitrogen and oxygen atoms in total. The molecule has 108 valence electrons. The zero-order valence-corrected chi connectivity index (χ0v) is 12.0. The minimum Gasteiger partial charge on any atom is -0.461 e. The van der Waals surface area contributed by atoms with Gasteiger partial charge in [0.15, 0.2) is 6.29 Å². The minimum atomic E-state index is -0.399. The van der Waals surface area contributed by atoms with Gasteiger partial charge in [0.2, 0.25) is 0 Å². The van der Waals surface area contributed by atoms with Crippen molar-refractivity contribution < 1.29 is 13.9 Å². The van der Waals surface area contributed by atoms with Gasteiger partial charge in [0.1, 0.15) is 11.5 Å². The lowest BCUT2D eigenvalue weighted by atomic mass is 10.0. The lowest BCUT2D eigenvalue weighted by Gasteiger charge is -2.16. The second-order valence-electron chi connectivity index (χ2n) is 4.55. The number of furan rings is 1. The lowest BCUT2D eigenvalue weighted by molar-refractivity contribution is -0.105. The second-order valence-corrected chi connectivity index (χ2v) is 4.55. The molecular weight excluding hydrogens is 254 g/mol. The van der Waals surface area contributed by atoms with Crippen LogP contribution in [0.2, 0.25) is 0 Å². The average Bonchev–Trinajstić information content (AvgIpc) is 2.95. The van der Waals surface area contributed by atoms with E-state index in [1.165, 1.54) is 0 Å². The number of hydrogen-bond acceptors (Lipinski definition) is 4. The molecule has 0 unspecified atom stereocenters. The van der Waals surface area contributed by atoms with Crippen LogP contribution in [0.25, 0.3) is 11.3 Å². The van der Waals surface area contributed by atoms with Crippen molar-refractivity contribution in [2.24, 2.45) is 5.73 Å². The van der Waals surface area contributed by atoms with Gasteiger partial charge in [-0.2, -0.15) is 0 Å². The predicted octanol–water partition coefficient (Wildman–Crippen LogP) is 3.13. The van der Waals surface area contributed by atoms with Gasteiger partial charge >= 0.3 is 0 Å². The van der Waals surface area contributed by atoms with E-state index in [4.69, 9.17) is 19.6 Å². The van der Waals surface area contributed by atoms with Crippen LogP contribution in [0.4, 0.5) is 0 Å². The first-order valence-corrected chi connectivity index (χ1v) is 6.73. The number of aryl methyl sites for hydroxylation is 1. The van der Waals surface area contributed by atoms with Crippen LogP contribution in [0.15, 0.2) is 40.8 Å². The molecule has 1 aromatic heterocycles. The number of nitrogens with two attached hydrogens (primary N) is 1. The van der Waals surface area contributed by atoms with Crippen molar-refractivity contribution in [3.8, 4) is 11.3 Å². The van der Waals surface area contributed by atoms with Gasteiger partial charge < -0.3 is 19.6 Å². The standard InChI is InChI=1S/C16H21NO3/c1-18-16(19-2)14-8-4-3-7-13(14)15-10-9-12(20-15)6-5-11-17/h3-4,7-10,16H,5-6,11,17H2,1-2H3. The fourth-order valence-electron chi connectivity index (χ4n) is 2.21. The zero-order chi connectivity index (χ0) is 14.4. The number of benzene rings is 1. The quantitative estimate of drug-likeness (QED) is 0.789. The summed E-state index contributed by atoms with van der Waals surface area (Å²) in [5.41, 5.74) is 7.46. The Morgan fingerprint density at radius 2 is 1.85 bits per heavy atom. The van der Waals surface area contributed by atoms with E-state index in [1.54, 1.807) is 14.2 Å². The first kappa shape index (κ1) is 14.8.